The maximum absolute atomic E-state index is 10.5. The molecule has 0 saturated carbocycles. The molecule has 0 aliphatic carbocycles. The van der Waals surface area contributed by atoms with Crippen LogP contribution in [0.25, 0.3) is 0 Å². The number of nitrogens with two attached hydrogens (primary N) is 1. The second kappa shape index (κ2) is 3.77. The van der Waals surface area contributed by atoms with Crippen molar-refractivity contribution in [3.8, 4) is 0 Å². The minimum Gasteiger partial charge on any atom is -0.480 e. The lowest BCUT2D eigenvalue weighted by molar-refractivity contribution is -0.137. The maximum atomic E-state index is 10.5. The van der Waals surface area contributed by atoms with Crippen LogP contribution in [0.15, 0.2) is 6.33 Å². The highest BCUT2D eigenvalue weighted by Gasteiger charge is 2.13. The van der Waals surface area contributed by atoms with E-state index in [2.05, 4.69) is 10.3 Å². The van der Waals surface area contributed by atoms with Crippen LogP contribution in [0.1, 0.15) is 5.69 Å². The van der Waals surface area contributed by atoms with Crippen LogP contribution in [0.2, 0.25) is 0 Å². The zero-order valence-electron chi connectivity index (χ0n) is 7.61. The van der Waals surface area contributed by atoms with E-state index in [1.54, 1.807) is 7.05 Å². The number of hydrogen-bond donors (Lipinski definition) is 4. The summed E-state index contributed by atoms with van der Waals surface area (Å²) in [6.07, 6.45) is 1.33. The molecule has 7 nitrogen and oxygen atoms in total. The SMILES string of the molecule is CNc1c(C(=N)N)ncn1CC(=O)O. The van der Waals surface area contributed by atoms with E-state index in [1.165, 1.54) is 10.9 Å². The molecule has 0 aliphatic rings. The minimum absolute atomic E-state index is 0.196. The Labute approximate surface area is 80.1 Å². The lowest BCUT2D eigenvalue weighted by atomic mass is 10.4. The molecule has 1 aromatic heterocycles. The molecule has 14 heavy (non-hydrogen) atoms. The van der Waals surface area contributed by atoms with Crippen LogP contribution in [-0.2, 0) is 11.3 Å². The predicted molar refractivity (Wildman–Crippen MR) is 50.4 cm³/mol. The van der Waals surface area contributed by atoms with Crippen molar-refractivity contribution in [3.05, 3.63) is 12.0 Å². The van der Waals surface area contributed by atoms with Crippen LogP contribution in [0.3, 0.4) is 0 Å². The molecule has 1 heterocycles. The van der Waals surface area contributed by atoms with Gasteiger partial charge in [-0.25, -0.2) is 4.98 Å². The van der Waals surface area contributed by atoms with Gasteiger partial charge < -0.3 is 20.7 Å². The topological polar surface area (TPSA) is 117 Å². The molecule has 5 N–H and O–H groups in total. The van der Waals surface area contributed by atoms with Crippen molar-refractivity contribution in [1.82, 2.24) is 9.55 Å². The van der Waals surface area contributed by atoms with E-state index < -0.39 is 5.97 Å². The number of imidazole rings is 1. The van der Waals surface area contributed by atoms with Crippen molar-refractivity contribution in [1.29, 1.82) is 5.41 Å². The van der Waals surface area contributed by atoms with E-state index in [9.17, 15) is 4.79 Å². The van der Waals surface area contributed by atoms with Gasteiger partial charge in [0, 0.05) is 7.05 Å². The van der Waals surface area contributed by atoms with Crippen LogP contribution >= 0.6 is 0 Å². The lowest BCUT2D eigenvalue weighted by Gasteiger charge is -2.05. The third-order valence-corrected chi connectivity index (χ3v) is 1.64. The number of hydrogen-bond acceptors (Lipinski definition) is 4. The summed E-state index contributed by atoms with van der Waals surface area (Å²) in [6, 6.07) is 0. The third kappa shape index (κ3) is 1.82. The Kier molecular flexibility index (Phi) is 2.70. The van der Waals surface area contributed by atoms with Crippen molar-refractivity contribution in [3.63, 3.8) is 0 Å². The fourth-order valence-corrected chi connectivity index (χ4v) is 1.11. The van der Waals surface area contributed by atoms with Gasteiger partial charge in [0.2, 0.25) is 0 Å². The number of carboxylic acid groups (broad SMARTS) is 1. The second-order valence-corrected chi connectivity index (χ2v) is 2.63. The highest BCUT2D eigenvalue weighted by Crippen LogP contribution is 2.12. The molecule has 0 atom stereocenters. The molecule has 0 aliphatic heterocycles. The first-order valence-corrected chi connectivity index (χ1v) is 3.85. The molecular weight excluding hydrogens is 186 g/mol. The van der Waals surface area contributed by atoms with E-state index in [4.69, 9.17) is 16.2 Å². The number of aliphatic carboxylic acids is 1. The molecule has 0 fully saturated rings. The summed E-state index contributed by atoms with van der Waals surface area (Å²) in [5.74, 6) is -0.743. The largest absolute Gasteiger partial charge is 0.480 e. The van der Waals surface area contributed by atoms with Gasteiger partial charge in [0.15, 0.2) is 0 Å². The Morgan fingerprint density at radius 1 is 1.86 bits per heavy atom. The lowest BCUT2D eigenvalue weighted by Crippen LogP contribution is -2.16. The number of anilines is 1. The van der Waals surface area contributed by atoms with Crippen molar-refractivity contribution in [2.24, 2.45) is 5.73 Å². The van der Waals surface area contributed by atoms with Crippen molar-refractivity contribution < 1.29 is 9.90 Å². The molecule has 1 rings (SSSR count). The fraction of sp³-hybridized carbons (Fsp3) is 0.286. The zero-order chi connectivity index (χ0) is 10.7. The number of rotatable bonds is 4. The molecule has 7 heteroatoms. The Balaban J connectivity index is 3.07. The van der Waals surface area contributed by atoms with Crippen LogP contribution in [0.5, 0.6) is 0 Å². The summed E-state index contributed by atoms with van der Waals surface area (Å²) in [7, 11) is 1.61. The van der Waals surface area contributed by atoms with Gasteiger partial charge in [-0.05, 0) is 0 Å². The smallest absolute Gasteiger partial charge is 0.323 e. The van der Waals surface area contributed by atoms with Gasteiger partial charge in [-0.15, -0.1) is 0 Å². The van der Waals surface area contributed by atoms with E-state index >= 15 is 0 Å². The molecule has 0 amide bonds. The number of nitrogens with zero attached hydrogens (tertiary/aromatic N) is 2. The van der Waals surface area contributed by atoms with E-state index in [0.717, 1.165) is 0 Å². The quantitative estimate of drug-likeness (QED) is 0.376. The molecule has 0 saturated heterocycles. The number of amidine groups is 1. The summed E-state index contributed by atoms with van der Waals surface area (Å²) in [6.45, 7) is -0.212. The maximum Gasteiger partial charge on any atom is 0.323 e. The van der Waals surface area contributed by atoms with Crippen LogP contribution < -0.4 is 11.1 Å². The van der Waals surface area contributed by atoms with E-state index in [1.807, 2.05) is 0 Å². The Bertz CT molecular complexity index is 370. The Hall–Kier alpha value is -2.05. The average molecular weight is 197 g/mol. The van der Waals surface area contributed by atoms with Gasteiger partial charge in [-0.2, -0.15) is 0 Å². The van der Waals surface area contributed by atoms with Crippen molar-refractivity contribution in [2.75, 3.05) is 12.4 Å². The van der Waals surface area contributed by atoms with Gasteiger partial charge in [-0.1, -0.05) is 0 Å². The molecule has 0 bridgehead atoms. The molecule has 0 unspecified atom stereocenters. The van der Waals surface area contributed by atoms with Crippen molar-refractivity contribution >= 4 is 17.6 Å². The van der Waals surface area contributed by atoms with Gasteiger partial charge in [0.1, 0.15) is 23.9 Å². The fourth-order valence-electron chi connectivity index (χ4n) is 1.11. The molecule has 0 aromatic carbocycles. The molecule has 1 aromatic rings. The predicted octanol–water partition coefficient (Wildman–Crippen LogP) is -0.707. The first kappa shape index (κ1) is 10.0. The molecule has 0 spiro atoms. The standard InChI is InChI=1S/C7H11N5O2/c1-10-7-5(6(8)9)11-3-12(7)2-4(13)14/h3,10H,2H2,1H3,(H3,8,9)(H,13,14). The third-order valence-electron chi connectivity index (χ3n) is 1.64. The highest BCUT2D eigenvalue weighted by molar-refractivity contribution is 5.97. The monoisotopic (exact) mass is 197 g/mol. The van der Waals surface area contributed by atoms with Crippen LogP contribution in [0.4, 0.5) is 5.82 Å². The normalized spacial score (nSPS) is 9.79. The molecular formula is C7H11N5O2. The summed E-state index contributed by atoms with van der Waals surface area (Å²) < 4.78 is 1.37. The summed E-state index contributed by atoms with van der Waals surface area (Å²) in [5, 5.41) is 18.5. The van der Waals surface area contributed by atoms with Gasteiger partial charge in [0.05, 0.1) is 6.33 Å². The van der Waals surface area contributed by atoms with Gasteiger partial charge in [-0.3, -0.25) is 10.2 Å². The summed E-state index contributed by atoms with van der Waals surface area (Å²) in [5.41, 5.74) is 5.51. The number of carbonyl (C=O) groups is 1. The van der Waals surface area contributed by atoms with E-state index in [0.29, 0.717) is 5.82 Å². The first-order valence-electron chi connectivity index (χ1n) is 3.85. The Morgan fingerprint density at radius 3 is 2.93 bits per heavy atom. The van der Waals surface area contributed by atoms with Gasteiger partial charge >= 0.3 is 5.97 Å². The Morgan fingerprint density at radius 2 is 2.50 bits per heavy atom. The first-order chi connectivity index (χ1) is 6.56. The number of aromatic nitrogens is 2. The minimum atomic E-state index is -0.978. The highest BCUT2D eigenvalue weighted by atomic mass is 16.4. The summed E-state index contributed by atoms with van der Waals surface area (Å²) in [4.78, 5) is 14.3. The second-order valence-electron chi connectivity index (χ2n) is 2.63. The van der Waals surface area contributed by atoms with Gasteiger partial charge in [0.25, 0.3) is 0 Å². The number of carboxylic acids is 1. The molecule has 0 radical (unpaired) electrons. The number of nitrogen functional groups attached to an aromatic ring is 1. The summed E-state index contributed by atoms with van der Waals surface area (Å²) >= 11 is 0. The number of nitrogens with one attached hydrogen (secondary N) is 2. The van der Waals surface area contributed by atoms with Crippen LogP contribution in [0, 0.1) is 5.41 Å². The zero-order valence-corrected chi connectivity index (χ0v) is 7.61. The van der Waals surface area contributed by atoms with Crippen LogP contribution in [-0.4, -0.2) is 33.5 Å². The van der Waals surface area contributed by atoms with E-state index in [-0.39, 0.29) is 18.1 Å². The van der Waals surface area contributed by atoms with Crippen molar-refractivity contribution in [2.45, 2.75) is 6.54 Å². The molecule has 76 valence electrons. The average Bonchev–Trinajstić information content (AvgIpc) is 2.46.